The molecule has 1 fully saturated rings. The normalized spacial score (nSPS) is 17.0. The third kappa shape index (κ3) is 3.37. The van der Waals surface area contributed by atoms with Gasteiger partial charge in [0.2, 0.25) is 11.0 Å². The van der Waals surface area contributed by atoms with Gasteiger partial charge in [-0.1, -0.05) is 71.1 Å². The van der Waals surface area contributed by atoms with E-state index in [1.54, 1.807) is 16.7 Å². The van der Waals surface area contributed by atoms with Gasteiger partial charge in [-0.25, -0.2) is 0 Å². The number of fused-ring (bicyclic) bond motifs is 2. The van der Waals surface area contributed by atoms with Crippen molar-refractivity contribution in [3.63, 3.8) is 0 Å². The molecular weight excluding hydrogens is 460 g/mol. The van der Waals surface area contributed by atoms with Gasteiger partial charge in [-0.05, 0) is 42.0 Å². The molecule has 0 saturated carbocycles. The number of hydrogen-bond donors (Lipinski definition) is 0. The average molecular weight is 477 g/mol. The minimum atomic E-state index is -0.0200. The summed E-state index contributed by atoms with van der Waals surface area (Å²) < 4.78 is 0. The minimum absolute atomic E-state index is 0.0200. The van der Waals surface area contributed by atoms with Crippen molar-refractivity contribution < 1.29 is 4.79 Å². The fourth-order valence-corrected chi connectivity index (χ4v) is 6.22. The first-order valence-electron chi connectivity index (χ1n) is 10.2. The summed E-state index contributed by atoms with van der Waals surface area (Å²) in [7, 11) is 0. The molecule has 0 spiro atoms. The summed E-state index contributed by atoms with van der Waals surface area (Å²) in [6.07, 6.45) is 0.473. The highest BCUT2D eigenvalue weighted by atomic mass is 35.5. The van der Waals surface area contributed by atoms with Crippen molar-refractivity contribution in [3.05, 3.63) is 88.4 Å². The Balaban J connectivity index is 1.29. The number of anilines is 3. The highest BCUT2D eigenvalue weighted by molar-refractivity contribution is 7.99. The van der Waals surface area contributed by atoms with Crippen LogP contribution in [0, 0.1) is 0 Å². The maximum atomic E-state index is 12.4. The van der Waals surface area contributed by atoms with Gasteiger partial charge in [0.05, 0.1) is 30.4 Å². The van der Waals surface area contributed by atoms with E-state index in [1.165, 1.54) is 21.1 Å². The molecule has 2 aliphatic rings. The van der Waals surface area contributed by atoms with Crippen molar-refractivity contribution in [1.29, 1.82) is 0 Å². The lowest BCUT2D eigenvalue weighted by Crippen LogP contribution is -2.46. The van der Waals surface area contributed by atoms with Crippen LogP contribution in [0.1, 0.15) is 23.0 Å². The van der Waals surface area contributed by atoms with E-state index in [2.05, 4.69) is 63.6 Å². The summed E-state index contributed by atoms with van der Waals surface area (Å²) >= 11 is 9.28. The molecule has 3 heterocycles. The van der Waals surface area contributed by atoms with Crippen LogP contribution in [0.4, 0.5) is 16.5 Å². The standard InChI is InChI=1S/C24H17ClN4OS2/c25-16-11-9-15(10-12-16)19-13-23(30)29(19)24-27-26-22(32-24)14-28-17-5-1-3-7-20(17)31-21-8-4-2-6-18(21)28/h1-12,19H,13-14H2. The summed E-state index contributed by atoms with van der Waals surface area (Å²) in [4.78, 5) is 18.9. The van der Waals surface area contributed by atoms with Crippen LogP contribution in [-0.2, 0) is 11.3 Å². The number of para-hydroxylation sites is 2. The fraction of sp³-hybridized carbons (Fsp3) is 0.125. The van der Waals surface area contributed by atoms with E-state index < -0.39 is 0 Å². The molecule has 1 amide bonds. The molecule has 1 atom stereocenters. The van der Waals surface area contributed by atoms with Crippen molar-refractivity contribution in [3.8, 4) is 0 Å². The lowest BCUT2D eigenvalue weighted by molar-refractivity contribution is -0.124. The Morgan fingerprint density at radius 3 is 2.22 bits per heavy atom. The second-order valence-corrected chi connectivity index (χ2v) is 10.2. The minimum Gasteiger partial charge on any atom is -0.333 e. The van der Waals surface area contributed by atoms with Crippen molar-refractivity contribution >= 4 is 57.1 Å². The van der Waals surface area contributed by atoms with E-state index in [1.807, 2.05) is 24.3 Å². The second kappa shape index (κ2) is 7.92. The van der Waals surface area contributed by atoms with Crippen LogP contribution in [-0.4, -0.2) is 16.1 Å². The van der Waals surface area contributed by atoms with Crippen molar-refractivity contribution in [2.75, 3.05) is 9.80 Å². The first-order valence-corrected chi connectivity index (χ1v) is 12.2. The van der Waals surface area contributed by atoms with Crippen LogP contribution in [0.5, 0.6) is 0 Å². The maximum Gasteiger partial charge on any atom is 0.231 e. The number of nitrogens with zero attached hydrogens (tertiary/aromatic N) is 4. The van der Waals surface area contributed by atoms with Crippen LogP contribution in [0.2, 0.25) is 5.02 Å². The predicted octanol–water partition coefficient (Wildman–Crippen LogP) is 6.47. The second-order valence-electron chi connectivity index (χ2n) is 7.64. The van der Waals surface area contributed by atoms with Crippen molar-refractivity contribution in [2.45, 2.75) is 28.8 Å². The molecule has 3 aromatic carbocycles. The Bertz CT molecular complexity index is 1280. The molecule has 158 valence electrons. The molecule has 0 aliphatic carbocycles. The molecule has 8 heteroatoms. The van der Waals surface area contributed by atoms with Gasteiger partial charge < -0.3 is 4.90 Å². The number of halogens is 1. The summed E-state index contributed by atoms with van der Waals surface area (Å²) in [6, 6.07) is 24.4. The zero-order valence-corrected chi connectivity index (χ0v) is 19.2. The first-order chi connectivity index (χ1) is 15.7. The zero-order valence-electron chi connectivity index (χ0n) is 16.8. The summed E-state index contributed by atoms with van der Waals surface area (Å²) in [5.41, 5.74) is 3.38. The van der Waals surface area contributed by atoms with Gasteiger partial charge in [0.25, 0.3) is 0 Å². The van der Waals surface area contributed by atoms with E-state index in [0.717, 1.165) is 21.9 Å². The molecule has 6 rings (SSSR count). The highest BCUT2D eigenvalue weighted by Gasteiger charge is 2.40. The smallest absolute Gasteiger partial charge is 0.231 e. The van der Waals surface area contributed by atoms with Gasteiger partial charge in [0, 0.05) is 14.8 Å². The van der Waals surface area contributed by atoms with Crippen molar-refractivity contribution in [1.82, 2.24) is 10.2 Å². The van der Waals surface area contributed by atoms with Crippen LogP contribution in [0.3, 0.4) is 0 Å². The largest absolute Gasteiger partial charge is 0.333 e. The van der Waals surface area contributed by atoms with Crippen molar-refractivity contribution in [2.24, 2.45) is 0 Å². The lowest BCUT2D eigenvalue weighted by atomic mass is 9.95. The summed E-state index contributed by atoms with van der Waals surface area (Å²) in [5, 5.41) is 11.0. The number of aromatic nitrogens is 2. The van der Waals surface area contributed by atoms with E-state index in [0.29, 0.717) is 23.1 Å². The van der Waals surface area contributed by atoms with Crippen LogP contribution in [0.25, 0.3) is 0 Å². The Kier molecular flexibility index (Phi) is 4.90. The van der Waals surface area contributed by atoms with E-state index in [4.69, 9.17) is 11.6 Å². The van der Waals surface area contributed by atoms with E-state index in [9.17, 15) is 4.79 Å². The van der Waals surface area contributed by atoms with Gasteiger partial charge in [-0.15, -0.1) is 10.2 Å². The number of amides is 1. The van der Waals surface area contributed by atoms with E-state index in [-0.39, 0.29) is 11.9 Å². The molecule has 0 radical (unpaired) electrons. The molecule has 32 heavy (non-hydrogen) atoms. The summed E-state index contributed by atoms with van der Waals surface area (Å²) in [6.45, 7) is 0.597. The molecule has 0 bridgehead atoms. The number of rotatable bonds is 4. The van der Waals surface area contributed by atoms with E-state index >= 15 is 0 Å². The third-order valence-electron chi connectivity index (χ3n) is 5.69. The molecule has 1 unspecified atom stereocenters. The lowest BCUT2D eigenvalue weighted by Gasteiger charge is -2.38. The predicted molar refractivity (Wildman–Crippen MR) is 129 cm³/mol. The Morgan fingerprint density at radius 2 is 1.56 bits per heavy atom. The molecule has 0 N–H and O–H groups in total. The number of hydrogen-bond acceptors (Lipinski definition) is 6. The van der Waals surface area contributed by atoms with Crippen LogP contribution >= 0.6 is 34.7 Å². The Hall–Kier alpha value is -2.87. The van der Waals surface area contributed by atoms with Gasteiger partial charge in [-0.3, -0.25) is 9.69 Å². The van der Waals surface area contributed by atoms with Gasteiger partial charge in [0.15, 0.2) is 0 Å². The maximum absolute atomic E-state index is 12.4. The quantitative estimate of drug-likeness (QED) is 0.316. The summed E-state index contributed by atoms with van der Waals surface area (Å²) in [5.74, 6) is 0.0673. The van der Waals surface area contributed by atoms with Gasteiger partial charge in [-0.2, -0.15) is 0 Å². The monoisotopic (exact) mass is 476 g/mol. The van der Waals surface area contributed by atoms with Crippen LogP contribution < -0.4 is 9.80 Å². The highest BCUT2D eigenvalue weighted by Crippen LogP contribution is 2.49. The topological polar surface area (TPSA) is 49.3 Å². The first kappa shape index (κ1) is 19.8. The molecule has 5 nitrogen and oxygen atoms in total. The molecule has 1 aromatic heterocycles. The third-order valence-corrected chi connectivity index (χ3v) is 7.98. The molecular formula is C24H17ClN4OS2. The van der Waals surface area contributed by atoms with Gasteiger partial charge >= 0.3 is 0 Å². The SMILES string of the molecule is O=C1CC(c2ccc(Cl)cc2)N1c1nnc(CN2c3ccccc3Sc3ccccc32)s1. The molecule has 4 aromatic rings. The zero-order chi connectivity index (χ0) is 21.7. The number of benzene rings is 3. The number of carbonyl (C=O) groups excluding carboxylic acids is 1. The Labute approximate surface area is 198 Å². The fourth-order valence-electron chi connectivity index (χ4n) is 4.10. The van der Waals surface area contributed by atoms with Crippen LogP contribution in [0.15, 0.2) is 82.6 Å². The average Bonchev–Trinajstić information content (AvgIpc) is 3.25. The number of β-lactam (4-membered cyclic amide) rings is 1. The number of carbonyl (C=O) groups is 1. The molecule has 1 saturated heterocycles. The van der Waals surface area contributed by atoms with Gasteiger partial charge in [0.1, 0.15) is 5.01 Å². The Morgan fingerprint density at radius 1 is 0.906 bits per heavy atom. The molecule has 2 aliphatic heterocycles.